The quantitative estimate of drug-likeness (QED) is 0.0540. The molecule has 0 rings (SSSR count). The summed E-state index contributed by atoms with van der Waals surface area (Å²) in [5, 5.41) is 20.9. The van der Waals surface area contributed by atoms with Crippen LogP contribution in [0.5, 0.6) is 0 Å². The Morgan fingerprint density at radius 2 is 1.08 bits per heavy atom. The Bertz CT molecular complexity index is 926. The van der Waals surface area contributed by atoms with Crippen molar-refractivity contribution in [3.8, 4) is 0 Å². The molecule has 0 heterocycles. The Hall–Kier alpha value is -1.57. The van der Waals surface area contributed by atoms with Crippen LogP contribution in [0.25, 0.3) is 0 Å². The van der Waals surface area contributed by atoms with E-state index in [-0.39, 0.29) is 103 Å². The second kappa shape index (κ2) is 32.6. The maximum Gasteiger partial charge on any atom is 0.326 e. The molecule has 0 aromatic carbocycles. The fourth-order valence-corrected chi connectivity index (χ4v) is 5.75. The van der Waals surface area contributed by atoms with Crippen molar-refractivity contribution in [2.24, 2.45) is 0 Å². The van der Waals surface area contributed by atoms with Gasteiger partial charge in [0.2, 0.25) is 11.8 Å². The van der Waals surface area contributed by atoms with E-state index in [0.717, 1.165) is 38.5 Å². The minimum Gasteiger partial charge on any atom is -0.481 e. The van der Waals surface area contributed by atoms with Crippen LogP contribution in [-0.4, -0.2) is 95.5 Å². The zero-order valence-electron chi connectivity index (χ0n) is 28.7. The van der Waals surface area contributed by atoms with Crippen molar-refractivity contribution in [2.75, 3.05) is 39.5 Å². The number of rotatable bonds is 35. The molecule has 0 aliphatic rings. The predicted molar refractivity (Wildman–Crippen MR) is 196 cm³/mol. The Kier molecular flexibility index (Phi) is 31.6. The van der Waals surface area contributed by atoms with E-state index in [1.54, 1.807) is 0 Å². The number of carbonyl (C=O) groups excluding carboxylic acids is 4. The molecule has 0 aliphatic heterocycles. The molecule has 0 bridgehead atoms. The van der Waals surface area contributed by atoms with Crippen molar-refractivity contribution < 1.29 is 48.5 Å². The summed E-state index contributed by atoms with van der Waals surface area (Å²) in [4.78, 5) is 71.8. The zero-order chi connectivity index (χ0) is 35.8. The summed E-state index contributed by atoms with van der Waals surface area (Å²) in [5.41, 5.74) is 0.00806. The van der Waals surface area contributed by atoms with Crippen molar-refractivity contribution in [3.05, 3.63) is 0 Å². The molecule has 4 unspecified atom stereocenters. The van der Waals surface area contributed by atoms with Gasteiger partial charge < -0.3 is 29.9 Å². The first-order valence-corrected chi connectivity index (χ1v) is 20.9. The highest BCUT2D eigenvalue weighted by atomic mass is 32.0. The van der Waals surface area contributed by atoms with Crippen LogP contribution < -0.4 is 5.32 Å². The first-order valence-electron chi connectivity index (χ1n) is 17.5. The highest BCUT2D eigenvalue weighted by Gasteiger charge is 2.23. The average Bonchev–Trinajstić information content (AvgIpc) is 3.04. The molecule has 278 valence electrons. The van der Waals surface area contributed by atoms with Gasteiger partial charge >= 0.3 is 11.9 Å². The van der Waals surface area contributed by atoms with Crippen LogP contribution in [0.15, 0.2) is 0 Å². The SMILES string of the molecule is O=C(O)CCCCCCCCCCCCCCCCC(=O)NC(CCC(=O)N(CCOCCC(=O)P)CCOCCC(=O)PP)C(=O)O. The summed E-state index contributed by atoms with van der Waals surface area (Å²) in [6.07, 6.45) is 16.0. The van der Waals surface area contributed by atoms with Crippen LogP contribution in [0, 0.1) is 0 Å². The lowest BCUT2D eigenvalue weighted by atomic mass is 10.0. The standard InChI is InChI=1S/C33H61N2O10P3/c36-28(15-13-11-9-7-5-3-1-2-4-6-8-10-12-14-16-30(38)39)34-27(33(42)43)17-18-29(37)35(21-25-44-23-19-31(40)46)22-26-45-24-20-32(41)48-47/h27,48H,1-26,46-47H2,(H,34,36)(H,38,39)(H,42,43). The van der Waals surface area contributed by atoms with Crippen LogP contribution in [0.4, 0.5) is 0 Å². The van der Waals surface area contributed by atoms with E-state index in [2.05, 4.69) is 23.5 Å². The number of ether oxygens (including phenoxy) is 2. The summed E-state index contributed by atoms with van der Waals surface area (Å²) >= 11 is 0. The zero-order valence-corrected chi connectivity index (χ0v) is 32.0. The molecule has 15 heteroatoms. The van der Waals surface area contributed by atoms with E-state index in [1.807, 2.05) is 0 Å². The van der Waals surface area contributed by atoms with E-state index in [4.69, 9.17) is 14.6 Å². The summed E-state index contributed by atoms with van der Waals surface area (Å²) in [6, 6.07) is -1.17. The van der Waals surface area contributed by atoms with Gasteiger partial charge in [0.1, 0.15) is 6.04 Å². The lowest BCUT2D eigenvalue weighted by molar-refractivity contribution is -0.142. The van der Waals surface area contributed by atoms with E-state index in [0.29, 0.717) is 12.8 Å². The molecule has 0 saturated heterocycles. The van der Waals surface area contributed by atoms with Crippen molar-refractivity contribution in [1.82, 2.24) is 10.2 Å². The molecule has 0 saturated carbocycles. The van der Waals surface area contributed by atoms with Crippen LogP contribution in [0.3, 0.4) is 0 Å². The lowest BCUT2D eigenvalue weighted by Crippen LogP contribution is -2.42. The van der Waals surface area contributed by atoms with Gasteiger partial charge in [0.05, 0.1) is 26.4 Å². The number of carboxylic acids is 2. The van der Waals surface area contributed by atoms with E-state index in [9.17, 15) is 33.9 Å². The Labute approximate surface area is 293 Å². The smallest absolute Gasteiger partial charge is 0.326 e. The molecule has 2 amide bonds. The summed E-state index contributed by atoms with van der Waals surface area (Å²) in [6.45, 7) is 1.38. The molecule has 12 nitrogen and oxygen atoms in total. The summed E-state index contributed by atoms with van der Waals surface area (Å²) in [7, 11) is 4.61. The van der Waals surface area contributed by atoms with Crippen LogP contribution in [0.1, 0.15) is 128 Å². The summed E-state index contributed by atoms with van der Waals surface area (Å²) < 4.78 is 10.9. The molecule has 0 spiro atoms. The number of hydrogen-bond acceptors (Lipinski definition) is 8. The largest absolute Gasteiger partial charge is 0.481 e. The van der Waals surface area contributed by atoms with Crippen molar-refractivity contribution in [1.29, 1.82) is 0 Å². The van der Waals surface area contributed by atoms with Gasteiger partial charge in [-0.15, -0.1) is 8.93 Å². The lowest BCUT2D eigenvalue weighted by Gasteiger charge is -2.23. The molecule has 0 radical (unpaired) electrons. The van der Waals surface area contributed by atoms with Crippen molar-refractivity contribution >= 4 is 61.2 Å². The topological polar surface area (TPSA) is 177 Å². The van der Waals surface area contributed by atoms with Gasteiger partial charge in [-0.1, -0.05) is 86.3 Å². The third-order valence-corrected chi connectivity index (χ3v) is 9.64. The second-order valence-electron chi connectivity index (χ2n) is 12.0. The molecule has 0 fully saturated rings. The molecule has 4 atom stereocenters. The number of nitrogens with zero attached hydrogens (tertiary/aromatic N) is 1. The molecule has 0 aliphatic carbocycles. The van der Waals surface area contributed by atoms with Gasteiger partial charge in [0.15, 0.2) is 11.0 Å². The molecular formula is C33H61N2O10P3. The Morgan fingerprint density at radius 1 is 0.625 bits per heavy atom. The van der Waals surface area contributed by atoms with Gasteiger partial charge in [-0.05, 0) is 27.5 Å². The maximum atomic E-state index is 13.0. The fraction of sp³-hybridized carbons (Fsp3) is 0.818. The molecular weight excluding hydrogens is 677 g/mol. The number of nitrogens with one attached hydrogen (secondary N) is 1. The Morgan fingerprint density at radius 3 is 1.52 bits per heavy atom. The first-order chi connectivity index (χ1) is 23.1. The highest BCUT2D eigenvalue weighted by Crippen LogP contribution is 2.22. The highest BCUT2D eigenvalue weighted by molar-refractivity contribution is 8.11. The predicted octanol–water partition coefficient (Wildman–Crippen LogP) is 5.70. The number of amides is 2. The van der Waals surface area contributed by atoms with Gasteiger partial charge in [-0.2, -0.15) is 0 Å². The average molecular weight is 739 g/mol. The maximum absolute atomic E-state index is 13.0. The van der Waals surface area contributed by atoms with E-state index >= 15 is 0 Å². The minimum absolute atomic E-state index is 0.0456. The molecule has 48 heavy (non-hydrogen) atoms. The van der Waals surface area contributed by atoms with Crippen LogP contribution >= 0.6 is 26.4 Å². The van der Waals surface area contributed by atoms with Crippen LogP contribution in [0.2, 0.25) is 0 Å². The number of aliphatic carboxylic acids is 2. The number of carbonyl (C=O) groups is 6. The number of hydrogen-bond donors (Lipinski definition) is 3. The molecule has 0 aromatic heterocycles. The van der Waals surface area contributed by atoms with Gasteiger partial charge in [0, 0.05) is 45.2 Å². The fourth-order valence-electron chi connectivity index (χ4n) is 4.96. The third kappa shape index (κ3) is 30.5. The monoisotopic (exact) mass is 738 g/mol. The van der Waals surface area contributed by atoms with Crippen molar-refractivity contribution in [3.63, 3.8) is 0 Å². The molecule has 0 aromatic rings. The Balaban J connectivity index is 4.24. The van der Waals surface area contributed by atoms with Gasteiger partial charge in [-0.3, -0.25) is 24.0 Å². The third-order valence-electron chi connectivity index (χ3n) is 7.82. The van der Waals surface area contributed by atoms with E-state index in [1.165, 1.54) is 49.8 Å². The molecule has 3 N–H and O–H groups in total. The van der Waals surface area contributed by atoms with E-state index < -0.39 is 18.0 Å². The van der Waals surface area contributed by atoms with Gasteiger partial charge in [0.25, 0.3) is 0 Å². The second-order valence-corrected chi connectivity index (χ2v) is 14.3. The number of carboxylic acid groups (broad SMARTS) is 2. The summed E-state index contributed by atoms with van der Waals surface area (Å²) in [5.74, 6) is -2.53. The first kappa shape index (κ1) is 46.4. The van der Waals surface area contributed by atoms with Crippen molar-refractivity contribution in [2.45, 2.75) is 134 Å². The number of unbranched alkanes of at least 4 members (excludes halogenated alkanes) is 13. The van der Waals surface area contributed by atoms with Crippen LogP contribution in [-0.2, 0) is 38.2 Å². The minimum atomic E-state index is -1.19. The normalized spacial score (nSPS) is 11.9. The van der Waals surface area contributed by atoms with Gasteiger partial charge in [-0.25, -0.2) is 4.79 Å².